The lowest BCUT2D eigenvalue weighted by Crippen LogP contribution is -2.07. The SMILES string of the molecule is Cc1noc(-c2ccc(-c3ccc(C4(C=O)CC4)cc3)cc2)c1C(=O)CCCc1ccccc1. The first-order valence-corrected chi connectivity index (χ1v) is 11.8. The molecule has 0 saturated heterocycles. The van der Waals surface area contributed by atoms with Crippen molar-refractivity contribution in [1.82, 2.24) is 5.16 Å². The van der Waals surface area contributed by atoms with E-state index in [1.54, 1.807) is 0 Å². The Balaban J connectivity index is 1.30. The van der Waals surface area contributed by atoms with Gasteiger partial charge in [0.05, 0.1) is 16.7 Å². The molecule has 1 aliphatic carbocycles. The van der Waals surface area contributed by atoms with Gasteiger partial charge in [-0.25, -0.2) is 0 Å². The first-order valence-electron chi connectivity index (χ1n) is 11.8. The van der Waals surface area contributed by atoms with E-state index < -0.39 is 0 Å². The molecule has 4 aromatic rings. The molecule has 1 aromatic heterocycles. The molecule has 0 atom stereocenters. The van der Waals surface area contributed by atoms with E-state index in [9.17, 15) is 9.59 Å². The maximum Gasteiger partial charge on any atom is 0.177 e. The highest BCUT2D eigenvalue weighted by Gasteiger charge is 2.44. The topological polar surface area (TPSA) is 60.2 Å². The molecule has 1 fully saturated rings. The van der Waals surface area contributed by atoms with Crippen LogP contribution in [0.2, 0.25) is 0 Å². The van der Waals surface area contributed by atoms with Crippen LogP contribution >= 0.6 is 0 Å². The molecule has 1 saturated carbocycles. The van der Waals surface area contributed by atoms with Crippen LogP contribution in [0.4, 0.5) is 0 Å². The fourth-order valence-electron chi connectivity index (χ4n) is 4.54. The summed E-state index contributed by atoms with van der Waals surface area (Å²) in [5, 5.41) is 4.08. The predicted molar refractivity (Wildman–Crippen MR) is 133 cm³/mol. The Morgan fingerprint density at radius 2 is 1.53 bits per heavy atom. The summed E-state index contributed by atoms with van der Waals surface area (Å²) in [6.45, 7) is 1.82. The van der Waals surface area contributed by atoms with Crippen molar-refractivity contribution in [3.63, 3.8) is 0 Å². The molecule has 0 aliphatic heterocycles. The van der Waals surface area contributed by atoms with Crippen LogP contribution in [0.5, 0.6) is 0 Å². The van der Waals surface area contributed by atoms with Gasteiger partial charge in [-0.15, -0.1) is 0 Å². The summed E-state index contributed by atoms with van der Waals surface area (Å²) in [7, 11) is 0. The normalized spacial score (nSPS) is 14.0. The van der Waals surface area contributed by atoms with E-state index in [2.05, 4.69) is 41.6 Å². The van der Waals surface area contributed by atoms with Gasteiger partial charge in [-0.05, 0) is 54.9 Å². The highest BCUT2D eigenvalue weighted by Crippen LogP contribution is 2.46. The van der Waals surface area contributed by atoms with Crippen LogP contribution < -0.4 is 0 Å². The Bertz CT molecular complexity index is 1300. The maximum absolute atomic E-state index is 13.0. The maximum atomic E-state index is 13.0. The number of aryl methyl sites for hydroxylation is 2. The van der Waals surface area contributed by atoms with E-state index in [1.807, 2.05) is 49.4 Å². The first-order chi connectivity index (χ1) is 16.6. The fraction of sp³-hybridized carbons (Fsp3) is 0.233. The standard InChI is InChI=1S/C30H27NO3/c1-21-28(27(33)9-5-8-22-6-3-2-4-7-22)29(34-31-21)25-12-10-23(11-13-25)24-14-16-26(17-15-24)30(20-32)18-19-30/h2-4,6-7,10-17,20H,5,8-9,18-19H2,1H3. The number of aldehydes is 1. The second-order valence-corrected chi connectivity index (χ2v) is 9.16. The van der Waals surface area contributed by atoms with Crippen LogP contribution in [0.25, 0.3) is 22.5 Å². The molecule has 0 spiro atoms. The van der Waals surface area contributed by atoms with Crippen LogP contribution in [-0.4, -0.2) is 17.2 Å². The second kappa shape index (κ2) is 9.22. The summed E-state index contributed by atoms with van der Waals surface area (Å²) in [6.07, 6.45) is 5.07. The number of ketones is 1. The fourth-order valence-corrected chi connectivity index (χ4v) is 4.54. The molecule has 34 heavy (non-hydrogen) atoms. The van der Waals surface area contributed by atoms with Crippen molar-refractivity contribution in [2.45, 2.75) is 44.4 Å². The molecule has 3 aromatic carbocycles. The number of benzene rings is 3. The zero-order valence-electron chi connectivity index (χ0n) is 19.3. The molecular weight excluding hydrogens is 422 g/mol. The molecule has 4 heteroatoms. The number of rotatable bonds is 9. The molecule has 5 rings (SSSR count). The molecule has 0 N–H and O–H groups in total. The summed E-state index contributed by atoms with van der Waals surface area (Å²) in [5.41, 5.74) is 6.27. The highest BCUT2D eigenvalue weighted by molar-refractivity contribution is 6.02. The van der Waals surface area contributed by atoms with Crippen LogP contribution in [0.1, 0.15) is 52.9 Å². The Morgan fingerprint density at radius 3 is 2.15 bits per heavy atom. The van der Waals surface area contributed by atoms with Gasteiger partial charge in [0.1, 0.15) is 6.29 Å². The minimum absolute atomic E-state index is 0.0635. The molecule has 0 radical (unpaired) electrons. The van der Waals surface area contributed by atoms with E-state index in [4.69, 9.17) is 4.52 Å². The van der Waals surface area contributed by atoms with E-state index in [0.717, 1.165) is 54.2 Å². The van der Waals surface area contributed by atoms with E-state index >= 15 is 0 Å². The Morgan fingerprint density at radius 1 is 0.912 bits per heavy atom. The van der Waals surface area contributed by atoms with Gasteiger partial charge in [-0.1, -0.05) is 84.0 Å². The molecule has 1 heterocycles. The Kier molecular flexibility index (Phi) is 5.97. The van der Waals surface area contributed by atoms with Crippen LogP contribution in [-0.2, 0) is 16.6 Å². The average Bonchev–Trinajstić information content (AvgIpc) is 3.59. The molecular formula is C30H27NO3. The third kappa shape index (κ3) is 4.36. The van der Waals surface area contributed by atoms with Gasteiger partial charge in [0.25, 0.3) is 0 Å². The number of hydrogen-bond acceptors (Lipinski definition) is 4. The Hall–Kier alpha value is -3.79. The molecule has 1 aliphatic rings. The molecule has 0 unspecified atom stereocenters. The monoisotopic (exact) mass is 449 g/mol. The molecule has 0 bridgehead atoms. The number of nitrogens with zero attached hydrogens (tertiary/aromatic N) is 1. The van der Waals surface area contributed by atoms with Crippen LogP contribution in [0, 0.1) is 6.92 Å². The third-order valence-electron chi connectivity index (χ3n) is 6.81. The molecule has 4 nitrogen and oxygen atoms in total. The molecule has 170 valence electrons. The summed E-state index contributed by atoms with van der Waals surface area (Å²) in [6, 6.07) is 26.4. The van der Waals surface area contributed by atoms with Gasteiger partial charge in [0.2, 0.25) is 0 Å². The average molecular weight is 450 g/mol. The van der Waals surface area contributed by atoms with Gasteiger partial charge in [-0.3, -0.25) is 4.79 Å². The van der Waals surface area contributed by atoms with Gasteiger partial charge >= 0.3 is 0 Å². The van der Waals surface area contributed by atoms with Crippen molar-refractivity contribution < 1.29 is 14.1 Å². The summed E-state index contributed by atoms with van der Waals surface area (Å²) >= 11 is 0. The lowest BCUT2D eigenvalue weighted by molar-refractivity contribution is -0.109. The predicted octanol–water partition coefficient (Wildman–Crippen LogP) is 6.75. The molecule has 0 amide bonds. The lowest BCUT2D eigenvalue weighted by atomic mass is 9.94. The first kappa shape index (κ1) is 22.0. The minimum atomic E-state index is -0.253. The van der Waals surface area contributed by atoms with Gasteiger partial charge in [0.15, 0.2) is 11.5 Å². The summed E-state index contributed by atoms with van der Waals surface area (Å²) in [5.74, 6) is 0.597. The van der Waals surface area contributed by atoms with E-state index in [1.165, 1.54) is 5.56 Å². The number of aromatic nitrogens is 1. The quantitative estimate of drug-likeness (QED) is 0.209. The lowest BCUT2D eigenvalue weighted by Gasteiger charge is -2.09. The number of carbonyl (C=O) groups is 2. The second-order valence-electron chi connectivity index (χ2n) is 9.16. The van der Waals surface area contributed by atoms with Gasteiger partial charge in [-0.2, -0.15) is 0 Å². The van der Waals surface area contributed by atoms with Gasteiger partial charge in [0, 0.05) is 12.0 Å². The zero-order chi connectivity index (χ0) is 23.5. The smallest absolute Gasteiger partial charge is 0.177 e. The third-order valence-corrected chi connectivity index (χ3v) is 6.81. The van der Waals surface area contributed by atoms with E-state index in [-0.39, 0.29) is 11.2 Å². The van der Waals surface area contributed by atoms with Crippen molar-refractivity contribution in [2.24, 2.45) is 0 Å². The minimum Gasteiger partial charge on any atom is -0.355 e. The van der Waals surface area contributed by atoms with Crippen molar-refractivity contribution in [2.75, 3.05) is 0 Å². The number of Topliss-reactive ketones (excluding diaryl/α,β-unsaturated/α-hetero) is 1. The van der Waals surface area contributed by atoms with Crippen LogP contribution in [0.3, 0.4) is 0 Å². The largest absolute Gasteiger partial charge is 0.355 e. The van der Waals surface area contributed by atoms with Crippen LogP contribution in [0.15, 0.2) is 83.4 Å². The zero-order valence-corrected chi connectivity index (χ0v) is 19.3. The number of hydrogen-bond donors (Lipinski definition) is 0. The summed E-state index contributed by atoms with van der Waals surface area (Å²) < 4.78 is 5.58. The number of carbonyl (C=O) groups excluding carboxylic acids is 2. The van der Waals surface area contributed by atoms with Gasteiger partial charge < -0.3 is 9.32 Å². The van der Waals surface area contributed by atoms with Crippen molar-refractivity contribution in [3.05, 3.63) is 101 Å². The van der Waals surface area contributed by atoms with Crippen molar-refractivity contribution in [3.8, 4) is 22.5 Å². The van der Waals surface area contributed by atoms with Crippen molar-refractivity contribution in [1.29, 1.82) is 0 Å². The van der Waals surface area contributed by atoms with E-state index in [0.29, 0.717) is 23.4 Å². The van der Waals surface area contributed by atoms with Crippen molar-refractivity contribution >= 4 is 12.1 Å². The highest BCUT2D eigenvalue weighted by atomic mass is 16.5. The Labute approximate surface area is 199 Å². The summed E-state index contributed by atoms with van der Waals surface area (Å²) in [4.78, 5) is 24.4.